The lowest BCUT2D eigenvalue weighted by atomic mass is 10.4. The molecule has 6 heteroatoms. The Hall–Kier alpha value is -1.14. The molecular formula is C8H12N4OS. The molecule has 1 aliphatic rings. The summed E-state index contributed by atoms with van der Waals surface area (Å²) in [6, 6.07) is 0. The van der Waals surface area contributed by atoms with E-state index in [1.54, 1.807) is 6.20 Å². The van der Waals surface area contributed by atoms with Crippen molar-refractivity contribution in [2.75, 3.05) is 18.0 Å². The molecule has 0 radical (unpaired) electrons. The van der Waals surface area contributed by atoms with Gasteiger partial charge in [-0.25, -0.2) is 10.8 Å². The summed E-state index contributed by atoms with van der Waals surface area (Å²) < 4.78 is 0. The second-order valence-electron chi connectivity index (χ2n) is 3.17. The number of rotatable bonds is 2. The Labute approximate surface area is 85.9 Å². The van der Waals surface area contributed by atoms with Crippen molar-refractivity contribution in [2.45, 2.75) is 12.8 Å². The Kier molecular flexibility index (Phi) is 2.64. The first-order chi connectivity index (χ1) is 6.81. The molecule has 0 atom stereocenters. The molecule has 0 aromatic carbocycles. The molecule has 2 rings (SSSR count). The lowest BCUT2D eigenvalue weighted by molar-refractivity contribution is 0.0957. The SMILES string of the molecule is NNC(=O)c1cnc(N2CCCC2)s1. The van der Waals surface area contributed by atoms with E-state index in [4.69, 9.17) is 5.84 Å². The van der Waals surface area contributed by atoms with Gasteiger partial charge in [-0.1, -0.05) is 11.3 Å². The molecule has 0 bridgehead atoms. The Balaban J connectivity index is 2.12. The molecule has 14 heavy (non-hydrogen) atoms. The summed E-state index contributed by atoms with van der Waals surface area (Å²) in [7, 11) is 0. The zero-order chi connectivity index (χ0) is 9.97. The Morgan fingerprint density at radius 3 is 2.93 bits per heavy atom. The number of aromatic nitrogens is 1. The minimum Gasteiger partial charge on any atom is -0.348 e. The zero-order valence-electron chi connectivity index (χ0n) is 7.69. The van der Waals surface area contributed by atoms with Crippen LogP contribution in [0, 0.1) is 0 Å². The highest BCUT2D eigenvalue weighted by Crippen LogP contribution is 2.25. The van der Waals surface area contributed by atoms with Crippen LogP contribution < -0.4 is 16.2 Å². The average molecular weight is 212 g/mol. The molecule has 3 N–H and O–H groups in total. The summed E-state index contributed by atoms with van der Waals surface area (Å²) >= 11 is 1.39. The number of carbonyl (C=O) groups is 1. The van der Waals surface area contributed by atoms with Gasteiger partial charge in [0.25, 0.3) is 5.91 Å². The van der Waals surface area contributed by atoms with Crippen LogP contribution in [0.4, 0.5) is 5.13 Å². The van der Waals surface area contributed by atoms with E-state index >= 15 is 0 Å². The first-order valence-electron chi connectivity index (χ1n) is 4.53. The van der Waals surface area contributed by atoms with Crippen LogP contribution in [-0.4, -0.2) is 24.0 Å². The zero-order valence-corrected chi connectivity index (χ0v) is 8.51. The number of nitrogens with zero attached hydrogens (tertiary/aromatic N) is 2. The van der Waals surface area contributed by atoms with Gasteiger partial charge in [0.2, 0.25) is 0 Å². The molecule has 0 saturated carbocycles. The van der Waals surface area contributed by atoms with Gasteiger partial charge < -0.3 is 4.90 Å². The van der Waals surface area contributed by atoms with Crippen molar-refractivity contribution in [3.05, 3.63) is 11.1 Å². The highest BCUT2D eigenvalue weighted by atomic mass is 32.1. The molecule has 0 spiro atoms. The summed E-state index contributed by atoms with van der Waals surface area (Å²) in [6.45, 7) is 2.08. The molecular weight excluding hydrogens is 200 g/mol. The number of nitrogens with two attached hydrogens (primary N) is 1. The second-order valence-corrected chi connectivity index (χ2v) is 4.18. The summed E-state index contributed by atoms with van der Waals surface area (Å²) in [5, 5.41) is 0.918. The van der Waals surface area contributed by atoms with E-state index in [-0.39, 0.29) is 5.91 Å². The van der Waals surface area contributed by atoms with Gasteiger partial charge in [0, 0.05) is 13.1 Å². The van der Waals surface area contributed by atoms with Crippen LogP contribution in [0.25, 0.3) is 0 Å². The van der Waals surface area contributed by atoms with E-state index in [1.807, 2.05) is 0 Å². The van der Waals surface area contributed by atoms with Gasteiger partial charge in [-0.2, -0.15) is 0 Å². The van der Waals surface area contributed by atoms with Gasteiger partial charge in [0.05, 0.1) is 6.20 Å². The third-order valence-corrected chi connectivity index (χ3v) is 3.28. The van der Waals surface area contributed by atoms with Crippen LogP contribution in [0.2, 0.25) is 0 Å². The largest absolute Gasteiger partial charge is 0.348 e. The summed E-state index contributed by atoms with van der Waals surface area (Å²) in [6.07, 6.45) is 3.98. The molecule has 76 valence electrons. The number of thiazole rings is 1. The molecule has 1 aromatic rings. The van der Waals surface area contributed by atoms with Gasteiger partial charge in [-0.3, -0.25) is 10.2 Å². The predicted molar refractivity (Wildman–Crippen MR) is 55.2 cm³/mol. The number of amides is 1. The Morgan fingerprint density at radius 2 is 2.29 bits per heavy atom. The first-order valence-corrected chi connectivity index (χ1v) is 5.34. The van der Waals surface area contributed by atoms with E-state index in [0.29, 0.717) is 4.88 Å². The number of hydrazine groups is 1. The van der Waals surface area contributed by atoms with Crippen molar-refractivity contribution in [3.8, 4) is 0 Å². The van der Waals surface area contributed by atoms with Crippen molar-refractivity contribution >= 4 is 22.4 Å². The molecule has 0 unspecified atom stereocenters. The van der Waals surface area contributed by atoms with Gasteiger partial charge in [0.15, 0.2) is 5.13 Å². The maximum Gasteiger partial charge on any atom is 0.276 e. The normalized spacial score (nSPS) is 15.9. The predicted octanol–water partition coefficient (Wildman–Crippen LogP) is 0.347. The number of hydrogen-bond donors (Lipinski definition) is 2. The smallest absolute Gasteiger partial charge is 0.276 e. The lowest BCUT2D eigenvalue weighted by Gasteiger charge is -2.11. The second kappa shape index (κ2) is 3.93. The molecule has 0 aliphatic carbocycles. The summed E-state index contributed by atoms with van der Waals surface area (Å²) in [4.78, 5) is 18.1. The van der Waals surface area contributed by atoms with Crippen molar-refractivity contribution in [1.29, 1.82) is 0 Å². The lowest BCUT2D eigenvalue weighted by Crippen LogP contribution is -2.29. The molecule has 2 heterocycles. The number of carbonyl (C=O) groups excluding carboxylic acids is 1. The molecule has 1 aromatic heterocycles. The van der Waals surface area contributed by atoms with Crippen LogP contribution in [0.1, 0.15) is 22.5 Å². The Morgan fingerprint density at radius 1 is 1.57 bits per heavy atom. The third kappa shape index (κ3) is 1.71. The van der Waals surface area contributed by atoms with Crippen LogP contribution in [0.15, 0.2) is 6.20 Å². The number of nitrogens with one attached hydrogen (secondary N) is 1. The van der Waals surface area contributed by atoms with E-state index in [1.165, 1.54) is 24.2 Å². The summed E-state index contributed by atoms with van der Waals surface area (Å²) in [5.41, 5.74) is 2.10. The average Bonchev–Trinajstić information content (AvgIpc) is 2.86. The topological polar surface area (TPSA) is 71.2 Å². The molecule has 1 amide bonds. The standard InChI is InChI=1S/C8H12N4OS/c9-11-7(13)6-5-10-8(14-6)12-3-1-2-4-12/h5H,1-4,9H2,(H,11,13). The van der Waals surface area contributed by atoms with Crippen molar-refractivity contribution < 1.29 is 4.79 Å². The number of nitrogen functional groups attached to an aromatic ring is 1. The van der Waals surface area contributed by atoms with E-state index in [9.17, 15) is 4.79 Å². The van der Waals surface area contributed by atoms with Crippen molar-refractivity contribution in [3.63, 3.8) is 0 Å². The molecule has 1 saturated heterocycles. The fourth-order valence-corrected chi connectivity index (χ4v) is 2.37. The fraction of sp³-hybridized carbons (Fsp3) is 0.500. The van der Waals surface area contributed by atoms with Crippen molar-refractivity contribution in [2.24, 2.45) is 5.84 Å². The maximum absolute atomic E-state index is 11.2. The number of anilines is 1. The van der Waals surface area contributed by atoms with E-state index in [2.05, 4.69) is 15.3 Å². The van der Waals surface area contributed by atoms with Gasteiger partial charge >= 0.3 is 0 Å². The minimum absolute atomic E-state index is 0.270. The summed E-state index contributed by atoms with van der Waals surface area (Å²) in [5.74, 6) is 4.76. The molecule has 1 aliphatic heterocycles. The van der Waals surface area contributed by atoms with Crippen LogP contribution >= 0.6 is 11.3 Å². The quantitative estimate of drug-likeness (QED) is 0.421. The third-order valence-electron chi connectivity index (χ3n) is 2.22. The first kappa shape index (κ1) is 9.42. The molecule has 1 fully saturated rings. The highest BCUT2D eigenvalue weighted by Gasteiger charge is 2.17. The minimum atomic E-state index is -0.270. The Bertz CT molecular complexity index is 332. The maximum atomic E-state index is 11.2. The van der Waals surface area contributed by atoms with Crippen molar-refractivity contribution in [1.82, 2.24) is 10.4 Å². The fourth-order valence-electron chi connectivity index (χ4n) is 1.50. The van der Waals surface area contributed by atoms with Gasteiger partial charge in [-0.15, -0.1) is 0 Å². The highest BCUT2D eigenvalue weighted by molar-refractivity contribution is 7.17. The monoisotopic (exact) mass is 212 g/mol. The van der Waals surface area contributed by atoms with Gasteiger partial charge in [0.1, 0.15) is 4.88 Å². The van der Waals surface area contributed by atoms with Crippen LogP contribution in [-0.2, 0) is 0 Å². The number of hydrogen-bond acceptors (Lipinski definition) is 5. The van der Waals surface area contributed by atoms with Gasteiger partial charge in [-0.05, 0) is 12.8 Å². The molecule has 5 nitrogen and oxygen atoms in total. The van der Waals surface area contributed by atoms with Crippen LogP contribution in [0.3, 0.4) is 0 Å². The van der Waals surface area contributed by atoms with E-state index in [0.717, 1.165) is 18.2 Å². The van der Waals surface area contributed by atoms with Crippen LogP contribution in [0.5, 0.6) is 0 Å². The van der Waals surface area contributed by atoms with E-state index < -0.39 is 0 Å².